The lowest BCUT2D eigenvalue weighted by Gasteiger charge is -2.40. The van der Waals surface area contributed by atoms with Gasteiger partial charge in [0.25, 0.3) is 0 Å². The topological polar surface area (TPSA) is 99.4 Å². The van der Waals surface area contributed by atoms with Crippen molar-refractivity contribution in [2.75, 3.05) is 13.7 Å². The van der Waals surface area contributed by atoms with Crippen LogP contribution in [0.5, 0.6) is 5.75 Å². The van der Waals surface area contributed by atoms with Gasteiger partial charge in [-0.3, -0.25) is 0 Å². The molecule has 156 valence electrons. The van der Waals surface area contributed by atoms with Crippen molar-refractivity contribution >= 4 is 0 Å². The summed E-state index contributed by atoms with van der Waals surface area (Å²) in [4.78, 5) is 0. The second kappa shape index (κ2) is 8.05. The van der Waals surface area contributed by atoms with E-state index in [2.05, 4.69) is 0 Å². The third kappa shape index (κ3) is 3.67. The number of aryl methyl sites for hydroxylation is 3. The standard InChI is InChI=1S/C23H28O6/c1-12-7-18(28-2)17(23-22(27)21(26)20(25)19(11-24)29-23)10-16(12)9-13-3-4-14-5-6-15(14)8-13/h3-4,7-8,10,19-27H,5-6,9,11H2,1-2H3/t19-,20-,21+,22-,23+/m1/s1/i6D2. The molecule has 5 atom stereocenters. The van der Waals surface area contributed by atoms with Crippen LogP contribution in [0.3, 0.4) is 0 Å². The maximum absolute atomic E-state index is 10.6. The Kier molecular flexibility index (Phi) is 4.96. The third-order valence-electron chi connectivity index (χ3n) is 5.93. The van der Waals surface area contributed by atoms with Crippen molar-refractivity contribution in [3.8, 4) is 5.75 Å². The van der Waals surface area contributed by atoms with Gasteiger partial charge in [0.2, 0.25) is 0 Å². The molecule has 1 saturated heterocycles. The van der Waals surface area contributed by atoms with E-state index in [4.69, 9.17) is 12.2 Å². The molecular formula is C23H28O6. The lowest BCUT2D eigenvalue weighted by Crippen LogP contribution is -2.55. The molecule has 1 fully saturated rings. The zero-order valence-electron chi connectivity index (χ0n) is 18.5. The molecule has 2 aromatic carbocycles. The summed E-state index contributed by atoms with van der Waals surface area (Å²) in [7, 11) is 1.50. The van der Waals surface area contributed by atoms with Crippen LogP contribution in [0.15, 0.2) is 30.3 Å². The fourth-order valence-electron chi connectivity index (χ4n) is 4.05. The Bertz CT molecular complexity index is 977. The highest BCUT2D eigenvalue weighted by Gasteiger charge is 2.44. The molecule has 1 aliphatic heterocycles. The van der Waals surface area contributed by atoms with Crippen molar-refractivity contribution < 1.29 is 32.6 Å². The van der Waals surface area contributed by atoms with Crippen LogP contribution in [0.25, 0.3) is 0 Å². The van der Waals surface area contributed by atoms with Crippen LogP contribution in [0.4, 0.5) is 0 Å². The molecule has 0 radical (unpaired) electrons. The van der Waals surface area contributed by atoms with Crippen LogP contribution in [0, 0.1) is 6.92 Å². The van der Waals surface area contributed by atoms with Crippen molar-refractivity contribution in [1.82, 2.24) is 0 Å². The maximum Gasteiger partial charge on any atom is 0.125 e. The first kappa shape index (κ1) is 17.9. The van der Waals surface area contributed by atoms with Crippen molar-refractivity contribution in [3.63, 3.8) is 0 Å². The Labute approximate surface area is 173 Å². The number of aliphatic hydroxyl groups is 4. The zero-order chi connectivity index (χ0) is 22.5. The van der Waals surface area contributed by atoms with Crippen molar-refractivity contribution in [2.24, 2.45) is 0 Å². The van der Waals surface area contributed by atoms with Crippen LogP contribution in [0.1, 0.15) is 42.2 Å². The van der Waals surface area contributed by atoms with E-state index >= 15 is 0 Å². The van der Waals surface area contributed by atoms with Gasteiger partial charge >= 0.3 is 0 Å². The van der Waals surface area contributed by atoms with Crippen LogP contribution >= 0.6 is 0 Å². The van der Waals surface area contributed by atoms with Gasteiger partial charge in [0, 0.05) is 8.30 Å². The highest BCUT2D eigenvalue weighted by molar-refractivity contribution is 5.47. The molecule has 0 spiro atoms. The van der Waals surface area contributed by atoms with E-state index < -0.39 is 43.5 Å². The van der Waals surface area contributed by atoms with Crippen LogP contribution < -0.4 is 4.74 Å². The van der Waals surface area contributed by atoms with Crippen molar-refractivity contribution in [2.45, 2.75) is 56.7 Å². The minimum atomic E-state index is -1.47. The van der Waals surface area contributed by atoms with Crippen LogP contribution in [0.2, 0.25) is 0 Å². The van der Waals surface area contributed by atoms with Gasteiger partial charge in [-0.1, -0.05) is 18.2 Å². The number of ether oxygens (including phenoxy) is 2. The van der Waals surface area contributed by atoms with Gasteiger partial charge in [-0.05, 0) is 66.1 Å². The predicted molar refractivity (Wildman–Crippen MR) is 107 cm³/mol. The summed E-state index contributed by atoms with van der Waals surface area (Å²) in [6, 6.07) is 9.52. The summed E-state index contributed by atoms with van der Waals surface area (Å²) in [5.41, 5.74) is 5.13. The summed E-state index contributed by atoms with van der Waals surface area (Å²) in [6.45, 7) is 1.44. The minimum absolute atomic E-state index is 0.436. The molecule has 29 heavy (non-hydrogen) atoms. The highest BCUT2D eigenvalue weighted by atomic mass is 16.5. The van der Waals surface area contributed by atoms with E-state index in [0.717, 1.165) is 27.8 Å². The molecule has 2 aliphatic rings. The quantitative estimate of drug-likeness (QED) is 0.600. The molecule has 2 aromatic rings. The van der Waals surface area contributed by atoms with Crippen LogP contribution in [-0.2, 0) is 24.0 Å². The molecule has 0 saturated carbocycles. The number of aliphatic hydroxyl groups excluding tert-OH is 4. The number of hydrogen-bond donors (Lipinski definition) is 4. The molecule has 0 unspecified atom stereocenters. The first-order valence-electron chi connectivity index (χ1n) is 10.8. The normalized spacial score (nSPS) is 31.3. The van der Waals surface area contributed by atoms with Gasteiger partial charge in [-0.15, -0.1) is 0 Å². The van der Waals surface area contributed by atoms with Crippen LogP contribution in [-0.4, -0.2) is 58.6 Å². The fraction of sp³-hybridized carbons (Fsp3) is 0.478. The number of hydrogen-bond acceptors (Lipinski definition) is 6. The second-order valence-electron chi connectivity index (χ2n) is 7.79. The van der Waals surface area contributed by atoms with Gasteiger partial charge in [0.05, 0.1) is 13.7 Å². The first-order valence-corrected chi connectivity index (χ1v) is 9.76. The Hall–Kier alpha value is -1.96. The van der Waals surface area contributed by atoms with Gasteiger partial charge < -0.3 is 29.9 Å². The van der Waals surface area contributed by atoms with E-state index in [0.29, 0.717) is 24.2 Å². The molecule has 0 bridgehead atoms. The molecule has 6 nitrogen and oxygen atoms in total. The van der Waals surface area contributed by atoms with E-state index in [9.17, 15) is 20.4 Å². The minimum Gasteiger partial charge on any atom is -0.496 e. The lowest BCUT2D eigenvalue weighted by molar-refractivity contribution is -0.232. The Morgan fingerprint density at radius 2 is 1.90 bits per heavy atom. The van der Waals surface area contributed by atoms with Crippen molar-refractivity contribution in [1.29, 1.82) is 0 Å². The highest BCUT2D eigenvalue weighted by Crippen LogP contribution is 2.39. The van der Waals surface area contributed by atoms with Gasteiger partial charge in [0.1, 0.15) is 36.3 Å². The lowest BCUT2D eigenvalue weighted by atomic mass is 9.85. The molecule has 4 rings (SSSR count). The molecule has 1 aliphatic carbocycles. The molecule has 0 amide bonds. The average molecular weight is 402 g/mol. The Balaban J connectivity index is 1.69. The molecular weight excluding hydrogens is 372 g/mol. The Morgan fingerprint density at radius 1 is 1.10 bits per heavy atom. The SMILES string of the molecule is [2H]C1([2H])Cc2ccc(Cc3cc([C@@H]4O[C@H](CO)[C@@H](O)[C@H](O)[C@H]4O)c(OC)cc3C)cc21. The van der Waals surface area contributed by atoms with E-state index in [-0.39, 0.29) is 0 Å². The summed E-state index contributed by atoms with van der Waals surface area (Å²) in [5.74, 6) is 0.471. The monoisotopic (exact) mass is 402 g/mol. The number of methoxy groups -OCH3 is 1. The van der Waals surface area contributed by atoms with E-state index in [1.165, 1.54) is 7.11 Å². The van der Waals surface area contributed by atoms with Gasteiger partial charge in [-0.25, -0.2) is 0 Å². The Morgan fingerprint density at radius 3 is 2.59 bits per heavy atom. The smallest absolute Gasteiger partial charge is 0.125 e. The summed E-state index contributed by atoms with van der Waals surface area (Å²) in [6.07, 6.45) is -6.60. The average Bonchev–Trinajstić information content (AvgIpc) is 2.74. The first-order chi connectivity index (χ1) is 14.7. The third-order valence-corrected chi connectivity index (χ3v) is 5.93. The van der Waals surface area contributed by atoms with E-state index in [1.807, 2.05) is 37.3 Å². The van der Waals surface area contributed by atoms with Gasteiger partial charge in [-0.2, -0.15) is 0 Å². The maximum atomic E-state index is 10.6. The fourth-order valence-corrected chi connectivity index (χ4v) is 4.05. The number of rotatable bonds is 5. The largest absolute Gasteiger partial charge is 0.496 e. The summed E-state index contributed by atoms with van der Waals surface area (Å²) >= 11 is 0. The van der Waals surface area contributed by atoms with Gasteiger partial charge in [0.15, 0.2) is 0 Å². The second-order valence-corrected chi connectivity index (χ2v) is 7.79. The molecule has 1 heterocycles. The molecule has 0 aromatic heterocycles. The zero-order valence-corrected chi connectivity index (χ0v) is 16.5. The predicted octanol–water partition coefficient (Wildman–Crippen LogP) is 1.21. The van der Waals surface area contributed by atoms with E-state index in [1.54, 1.807) is 0 Å². The molecule has 4 N–H and O–H groups in total. The molecule has 6 heteroatoms. The summed E-state index contributed by atoms with van der Waals surface area (Å²) in [5, 5.41) is 40.3. The van der Waals surface area contributed by atoms with Crippen molar-refractivity contribution in [3.05, 3.63) is 63.7 Å². The number of benzene rings is 2. The summed E-state index contributed by atoms with van der Waals surface area (Å²) < 4.78 is 27.3. The number of fused-ring (bicyclic) bond motifs is 1.